The average Bonchev–Trinajstić information content (AvgIpc) is 3.00. The molecule has 2 rings (SSSR count). The van der Waals surface area contributed by atoms with Crippen LogP contribution >= 0.6 is 23.2 Å². The second kappa shape index (κ2) is 4.98. The lowest BCUT2D eigenvalue weighted by molar-refractivity contribution is 0.646. The summed E-state index contributed by atoms with van der Waals surface area (Å²) in [7, 11) is 0. The summed E-state index contributed by atoms with van der Waals surface area (Å²) in [6.45, 7) is 4.43. The number of rotatable bonds is 4. The van der Waals surface area contributed by atoms with Crippen molar-refractivity contribution in [3.8, 4) is 0 Å². The molecular weight excluding hydrogens is 239 g/mol. The molecule has 0 atom stereocenters. The third kappa shape index (κ3) is 2.93. The number of hydrogen-bond acceptors (Lipinski definition) is 0. The Kier molecular flexibility index (Phi) is 3.81. The molecule has 0 unspecified atom stereocenters. The van der Waals surface area contributed by atoms with Crippen LogP contribution in [0.25, 0.3) is 0 Å². The van der Waals surface area contributed by atoms with Gasteiger partial charge in [0.05, 0.1) is 0 Å². The minimum absolute atomic E-state index is 0.632. The number of benzene rings is 1. The summed E-state index contributed by atoms with van der Waals surface area (Å²) in [6, 6.07) is 4.07. The van der Waals surface area contributed by atoms with E-state index in [1.54, 1.807) is 0 Å². The molecule has 1 saturated carbocycles. The van der Waals surface area contributed by atoms with E-state index in [0.717, 1.165) is 28.8 Å². The molecule has 2 heteroatoms. The van der Waals surface area contributed by atoms with Crippen LogP contribution < -0.4 is 0 Å². The first-order valence-electron chi connectivity index (χ1n) is 6.03. The lowest BCUT2D eigenvalue weighted by Crippen LogP contribution is -1.99. The van der Waals surface area contributed by atoms with E-state index < -0.39 is 0 Å². The molecule has 0 saturated heterocycles. The van der Waals surface area contributed by atoms with E-state index in [0.29, 0.717) is 5.92 Å². The van der Waals surface area contributed by atoms with Crippen LogP contribution in [0.2, 0.25) is 10.0 Å². The van der Waals surface area contributed by atoms with E-state index in [2.05, 4.69) is 19.9 Å². The maximum Gasteiger partial charge on any atom is 0.0485 e. The molecule has 0 bridgehead atoms. The van der Waals surface area contributed by atoms with Crippen LogP contribution in [-0.2, 0) is 12.8 Å². The van der Waals surface area contributed by atoms with Gasteiger partial charge in [-0.15, -0.1) is 0 Å². The minimum Gasteiger partial charge on any atom is -0.0840 e. The van der Waals surface area contributed by atoms with Crippen molar-refractivity contribution in [2.24, 2.45) is 11.8 Å². The summed E-state index contributed by atoms with van der Waals surface area (Å²) < 4.78 is 0. The zero-order valence-corrected chi connectivity index (χ0v) is 11.4. The van der Waals surface area contributed by atoms with Gasteiger partial charge in [-0.3, -0.25) is 0 Å². The largest absolute Gasteiger partial charge is 0.0840 e. The van der Waals surface area contributed by atoms with Crippen molar-refractivity contribution in [1.29, 1.82) is 0 Å². The second-order valence-corrected chi connectivity index (χ2v) is 6.03. The van der Waals surface area contributed by atoms with Crippen molar-refractivity contribution in [2.75, 3.05) is 0 Å². The standard InChI is InChI=1S/C14H18Cl2/c1-9(2)7-11-5-6-13(15)12(14(11)16)8-10-3-4-10/h5-6,9-10H,3-4,7-8H2,1-2H3. The molecule has 0 radical (unpaired) electrons. The number of halogens is 2. The van der Waals surface area contributed by atoms with Crippen LogP contribution in [0, 0.1) is 11.8 Å². The summed E-state index contributed by atoms with van der Waals surface area (Å²) in [5.74, 6) is 1.46. The Labute approximate surface area is 108 Å². The van der Waals surface area contributed by atoms with Gasteiger partial charge in [-0.25, -0.2) is 0 Å². The van der Waals surface area contributed by atoms with E-state index >= 15 is 0 Å². The smallest absolute Gasteiger partial charge is 0.0485 e. The molecule has 1 aromatic carbocycles. The molecule has 0 nitrogen and oxygen atoms in total. The van der Waals surface area contributed by atoms with Crippen molar-refractivity contribution in [1.82, 2.24) is 0 Å². The molecule has 16 heavy (non-hydrogen) atoms. The third-order valence-electron chi connectivity index (χ3n) is 3.08. The average molecular weight is 257 g/mol. The summed E-state index contributed by atoms with van der Waals surface area (Å²) in [4.78, 5) is 0. The van der Waals surface area contributed by atoms with E-state index in [4.69, 9.17) is 23.2 Å². The fraction of sp³-hybridized carbons (Fsp3) is 0.571. The monoisotopic (exact) mass is 256 g/mol. The Bertz CT molecular complexity index is 379. The lowest BCUT2D eigenvalue weighted by atomic mass is 9.99. The van der Waals surface area contributed by atoms with Gasteiger partial charge in [0, 0.05) is 10.0 Å². The molecule has 1 aliphatic carbocycles. The van der Waals surface area contributed by atoms with Crippen LogP contribution in [0.4, 0.5) is 0 Å². The molecule has 0 aromatic heterocycles. The molecule has 0 aliphatic heterocycles. The van der Waals surface area contributed by atoms with Gasteiger partial charge in [0.2, 0.25) is 0 Å². The van der Waals surface area contributed by atoms with Crippen LogP contribution in [0.15, 0.2) is 12.1 Å². The van der Waals surface area contributed by atoms with E-state index in [-0.39, 0.29) is 0 Å². The Balaban J connectivity index is 2.26. The summed E-state index contributed by atoms with van der Waals surface area (Å²) >= 11 is 12.7. The lowest BCUT2D eigenvalue weighted by Gasteiger charge is -2.13. The van der Waals surface area contributed by atoms with E-state index in [9.17, 15) is 0 Å². The first-order valence-corrected chi connectivity index (χ1v) is 6.79. The molecule has 0 spiro atoms. The van der Waals surface area contributed by atoms with Crippen LogP contribution in [0.3, 0.4) is 0 Å². The fourth-order valence-electron chi connectivity index (χ4n) is 2.04. The highest BCUT2D eigenvalue weighted by atomic mass is 35.5. The summed E-state index contributed by atoms with van der Waals surface area (Å²) in [5.41, 5.74) is 2.42. The van der Waals surface area contributed by atoms with Gasteiger partial charge in [-0.05, 0) is 54.7 Å². The highest BCUT2D eigenvalue weighted by molar-refractivity contribution is 6.36. The predicted octanol–water partition coefficient (Wildman–Crippen LogP) is 5.14. The Morgan fingerprint density at radius 2 is 1.94 bits per heavy atom. The fourth-order valence-corrected chi connectivity index (χ4v) is 2.64. The van der Waals surface area contributed by atoms with Crippen molar-refractivity contribution >= 4 is 23.2 Å². The van der Waals surface area contributed by atoms with Gasteiger partial charge in [0.25, 0.3) is 0 Å². The van der Waals surface area contributed by atoms with E-state index in [1.807, 2.05) is 6.07 Å². The van der Waals surface area contributed by atoms with Crippen molar-refractivity contribution in [3.63, 3.8) is 0 Å². The topological polar surface area (TPSA) is 0 Å². The first kappa shape index (κ1) is 12.3. The quantitative estimate of drug-likeness (QED) is 0.700. The zero-order valence-electron chi connectivity index (χ0n) is 9.89. The highest BCUT2D eigenvalue weighted by Gasteiger charge is 2.24. The maximum absolute atomic E-state index is 6.45. The number of hydrogen-bond donors (Lipinski definition) is 0. The van der Waals surface area contributed by atoms with Crippen molar-refractivity contribution < 1.29 is 0 Å². The normalized spacial score (nSPS) is 15.8. The van der Waals surface area contributed by atoms with E-state index in [1.165, 1.54) is 24.0 Å². The Morgan fingerprint density at radius 1 is 1.25 bits per heavy atom. The van der Waals surface area contributed by atoms with Gasteiger partial charge in [0.15, 0.2) is 0 Å². The molecule has 1 aromatic rings. The van der Waals surface area contributed by atoms with Crippen LogP contribution in [0.5, 0.6) is 0 Å². The zero-order chi connectivity index (χ0) is 11.7. The molecule has 88 valence electrons. The van der Waals surface area contributed by atoms with Gasteiger partial charge >= 0.3 is 0 Å². The van der Waals surface area contributed by atoms with Crippen LogP contribution in [-0.4, -0.2) is 0 Å². The van der Waals surface area contributed by atoms with Crippen molar-refractivity contribution in [3.05, 3.63) is 33.3 Å². The second-order valence-electron chi connectivity index (χ2n) is 5.24. The molecular formula is C14H18Cl2. The molecule has 0 amide bonds. The van der Waals surface area contributed by atoms with Gasteiger partial charge in [-0.1, -0.05) is 43.1 Å². The highest BCUT2D eigenvalue weighted by Crippen LogP contribution is 2.38. The summed E-state index contributed by atoms with van der Waals surface area (Å²) in [5, 5.41) is 1.75. The molecule has 0 N–H and O–H groups in total. The Hall–Kier alpha value is -0.200. The first-order chi connectivity index (χ1) is 7.58. The third-order valence-corrected chi connectivity index (χ3v) is 3.91. The SMILES string of the molecule is CC(C)Cc1ccc(Cl)c(CC2CC2)c1Cl. The van der Waals surface area contributed by atoms with Gasteiger partial charge in [0.1, 0.15) is 0 Å². The maximum atomic E-state index is 6.45. The van der Waals surface area contributed by atoms with Crippen molar-refractivity contribution in [2.45, 2.75) is 39.5 Å². The van der Waals surface area contributed by atoms with Gasteiger partial charge in [-0.2, -0.15) is 0 Å². The predicted molar refractivity (Wildman–Crippen MR) is 71.4 cm³/mol. The molecule has 1 aliphatic rings. The Morgan fingerprint density at radius 3 is 2.50 bits per heavy atom. The molecule has 1 fully saturated rings. The summed E-state index contributed by atoms with van der Waals surface area (Å²) in [6.07, 6.45) is 4.76. The minimum atomic E-state index is 0.632. The van der Waals surface area contributed by atoms with Gasteiger partial charge < -0.3 is 0 Å². The molecule has 0 heterocycles. The van der Waals surface area contributed by atoms with Crippen LogP contribution in [0.1, 0.15) is 37.8 Å².